The van der Waals surface area contributed by atoms with Gasteiger partial charge in [-0.15, -0.1) is 0 Å². The summed E-state index contributed by atoms with van der Waals surface area (Å²) >= 11 is 0. The van der Waals surface area contributed by atoms with E-state index in [9.17, 15) is 23.3 Å². The molecular formula is C14H21B2F3O5. The standard InChI is InChI=1S/C14H21B2F3O5/c1-12(2,20)13(3,4)24-16(23)11-6-9(8-15(21)22)5-10(7-11)14(17,18)19/h5-7,20-23H,8H2,1-4H3. The first-order valence-electron chi connectivity index (χ1n) is 7.29. The van der Waals surface area contributed by atoms with Gasteiger partial charge in [-0.3, -0.25) is 0 Å². The van der Waals surface area contributed by atoms with E-state index >= 15 is 0 Å². The molecule has 0 aromatic heterocycles. The molecule has 134 valence electrons. The molecule has 0 spiro atoms. The maximum Gasteiger partial charge on any atom is 0.491 e. The Hall–Kier alpha value is -1.06. The van der Waals surface area contributed by atoms with Gasteiger partial charge in [-0.2, -0.15) is 13.2 Å². The molecule has 10 heteroatoms. The van der Waals surface area contributed by atoms with Gasteiger partial charge in [0.2, 0.25) is 0 Å². The SMILES string of the molecule is CC(C)(O)C(C)(C)OB(O)c1cc(CB(O)O)cc(C(F)(F)F)c1. The Morgan fingerprint density at radius 3 is 1.96 bits per heavy atom. The summed E-state index contributed by atoms with van der Waals surface area (Å²) < 4.78 is 44.3. The Balaban J connectivity index is 3.22. The third-order valence-corrected chi connectivity index (χ3v) is 3.93. The number of hydrogen-bond donors (Lipinski definition) is 4. The average molecular weight is 348 g/mol. The van der Waals surface area contributed by atoms with Gasteiger partial charge in [0.05, 0.1) is 16.8 Å². The fourth-order valence-corrected chi connectivity index (χ4v) is 1.84. The lowest BCUT2D eigenvalue weighted by atomic mass is 9.73. The first-order valence-corrected chi connectivity index (χ1v) is 7.29. The van der Waals surface area contributed by atoms with Crippen LogP contribution in [0.1, 0.15) is 38.8 Å². The normalized spacial score (nSPS) is 13.1. The Morgan fingerprint density at radius 2 is 1.54 bits per heavy atom. The van der Waals surface area contributed by atoms with Gasteiger partial charge >= 0.3 is 20.4 Å². The van der Waals surface area contributed by atoms with Gasteiger partial charge < -0.3 is 24.8 Å². The first kappa shape index (κ1) is 21.0. The fraction of sp³-hybridized carbons (Fsp3) is 0.571. The molecule has 0 aliphatic heterocycles. The van der Waals surface area contributed by atoms with Gasteiger partial charge in [-0.1, -0.05) is 12.1 Å². The highest BCUT2D eigenvalue weighted by atomic mass is 19.4. The number of hydrogen-bond acceptors (Lipinski definition) is 5. The molecule has 0 saturated carbocycles. The maximum atomic E-state index is 13.0. The Bertz CT molecular complexity index is 571. The Morgan fingerprint density at radius 1 is 1.00 bits per heavy atom. The predicted molar refractivity (Wildman–Crippen MR) is 84.4 cm³/mol. The van der Waals surface area contributed by atoms with Gasteiger partial charge in [0.15, 0.2) is 0 Å². The number of halogens is 3. The van der Waals surface area contributed by atoms with E-state index in [0.717, 1.165) is 12.1 Å². The molecule has 24 heavy (non-hydrogen) atoms. The fourth-order valence-electron chi connectivity index (χ4n) is 1.84. The highest BCUT2D eigenvalue weighted by molar-refractivity contribution is 6.60. The van der Waals surface area contributed by atoms with Crippen LogP contribution in [0.25, 0.3) is 0 Å². The van der Waals surface area contributed by atoms with Gasteiger partial charge in [-0.25, -0.2) is 0 Å². The van der Waals surface area contributed by atoms with Crippen molar-refractivity contribution in [3.05, 3.63) is 29.3 Å². The highest BCUT2D eigenvalue weighted by Gasteiger charge is 2.40. The smallest absolute Gasteiger partial charge is 0.427 e. The van der Waals surface area contributed by atoms with Crippen molar-refractivity contribution in [1.82, 2.24) is 0 Å². The topological polar surface area (TPSA) is 90.2 Å². The largest absolute Gasteiger partial charge is 0.491 e. The van der Waals surface area contributed by atoms with Crippen LogP contribution in [-0.2, 0) is 17.2 Å². The zero-order chi connectivity index (χ0) is 18.9. The van der Waals surface area contributed by atoms with Gasteiger partial charge in [0.25, 0.3) is 0 Å². The van der Waals surface area contributed by atoms with Crippen molar-refractivity contribution >= 4 is 19.7 Å². The van der Waals surface area contributed by atoms with Crippen molar-refractivity contribution in [2.75, 3.05) is 0 Å². The van der Waals surface area contributed by atoms with Crippen LogP contribution in [-0.4, -0.2) is 45.6 Å². The molecular weight excluding hydrogens is 327 g/mol. The molecule has 0 aliphatic carbocycles. The summed E-state index contributed by atoms with van der Waals surface area (Å²) in [6.07, 6.45) is -5.10. The van der Waals surface area contributed by atoms with E-state index in [4.69, 9.17) is 14.7 Å². The van der Waals surface area contributed by atoms with Crippen LogP contribution >= 0.6 is 0 Å². The molecule has 0 unspecified atom stereocenters. The first-order chi connectivity index (χ1) is 10.6. The lowest BCUT2D eigenvalue weighted by Gasteiger charge is -2.38. The van der Waals surface area contributed by atoms with Crippen LogP contribution in [0.2, 0.25) is 0 Å². The van der Waals surface area contributed by atoms with E-state index in [2.05, 4.69) is 0 Å². The Kier molecular flexibility index (Phi) is 6.16. The van der Waals surface area contributed by atoms with Gasteiger partial charge in [0, 0.05) is 6.32 Å². The predicted octanol–water partition coefficient (Wildman–Crippen LogP) is 0.513. The summed E-state index contributed by atoms with van der Waals surface area (Å²) in [5.41, 5.74) is -3.87. The van der Waals surface area contributed by atoms with Crippen molar-refractivity contribution in [2.45, 2.75) is 51.4 Å². The van der Waals surface area contributed by atoms with E-state index < -0.39 is 43.5 Å². The minimum Gasteiger partial charge on any atom is -0.427 e. The van der Waals surface area contributed by atoms with Crippen molar-refractivity contribution in [3.8, 4) is 0 Å². The third kappa shape index (κ3) is 5.49. The van der Waals surface area contributed by atoms with E-state index in [1.165, 1.54) is 33.8 Å². The summed E-state index contributed by atoms with van der Waals surface area (Å²) in [5.74, 6) is 0. The van der Waals surface area contributed by atoms with Crippen LogP contribution in [0.15, 0.2) is 18.2 Å². The molecule has 1 rings (SSSR count). The monoisotopic (exact) mass is 348 g/mol. The van der Waals surface area contributed by atoms with Crippen molar-refractivity contribution in [2.24, 2.45) is 0 Å². The highest BCUT2D eigenvalue weighted by Crippen LogP contribution is 2.30. The minimum absolute atomic E-state index is 0.0152. The molecule has 0 fully saturated rings. The van der Waals surface area contributed by atoms with E-state index in [1.54, 1.807) is 0 Å². The summed E-state index contributed by atoms with van der Waals surface area (Å²) in [5, 5.41) is 38.1. The summed E-state index contributed by atoms with van der Waals surface area (Å²) in [6, 6.07) is 2.69. The number of alkyl halides is 3. The number of benzene rings is 1. The van der Waals surface area contributed by atoms with Crippen molar-refractivity contribution < 1.29 is 38.0 Å². The molecule has 0 aliphatic rings. The quantitative estimate of drug-likeness (QED) is 0.563. The molecule has 5 nitrogen and oxygen atoms in total. The molecule has 0 heterocycles. The lowest BCUT2D eigenvalue weighted by Crippen LogP contribution is -2.53. The zero-order valence-electron chi connectivity index (χ0n) is 13.9. The van der Waals surface area contributed by atoms with Crippen LogP contribution in [0, 0.1) is 0 Å². The zero-order valence-corrected chi connectivity index (χ0v) is 13.9. The van der Waals surface area contributed by atoms with Crippen molar-refractivity contribution in [3.63, 3.8) is 0 Å². The van der Waals surface area contributed by atoms with Crippen molar-refractivity contribution in [1.29, 1.82) is 0 Å². The molecule has 1 aromatic rings. The second-order valence-corrected chi connectivity index (χ2v) is 6.69. The van der Waals surface area contributed by atoms with Gasteiger partial charge in [0.1, 0.15) is 0 Å². The van der Waals surface area contributed by atoms with E-state index in [-0.39, 0.29) is 11.0 Å². The lowest BCUT2D eigenvalue weighted by molar-refractivity contribution is -0.137. The summed E-state index contributed by atoms with van der Waals surface area (Å²) in [4.78, 5) is 0. The minimum atomic E-state index is -4.67. The average Bonchev–Trinajstić information content (AvgIpc) is 2.34. The van der Waals surface area contributed by atoms with E-state index in [0.29, 0.717) is 0 Å². The van der Waals surface area contributed by atoms with Crippen LogP contribution in [0.4, 0.5) is 13.2 Å². The summed E-state index contributed by atoms with van der Waals surface area (Å²) in [6.45, 7) is 5.86. The molecule has 0 amide bonds. The maximum absolute atomic E-state index is 13.0. The molecule has 0 bridgehead atoms. The Labute approximate surface area is 139 Å². The molecule has 1 aromatic carbocycles. The van der Waals surface area contributed by atoms with Crippen LogP contribution in [0.3, 0.4) is 0 Å². The molecule has 0 saturated heterocycles. The molecule has 0 radical (unpaired) electrons. The second-order valence-electron chi connectivity index (χ2n) is 6.69. The number of rotatable bonds is 6. The third-order valence-electron chi connectivity index (χ3n) is 3.93. The van der Waals surface area contributed by atoms with E-state index in [1.807, 2.05) is 0 Å². The van der Waals surface area contributed by atoms with Crippen LogP contribution in [0.5, 0.6) is 0 Å². The molecule has 0 atom stereocenters. The summed E-state index contributed by atoms with van der Waals surface area (Å²) in [7, 11) is -3.56. The molecule has 4 N–H and O–H groups in total. The second kappa shape index (κ2) is 7.05. The number of aliphatic hydroxyl groups is 1. The van der Waals surface area contributed by atoms with Gasteiger partial charge in [-0.05, 0) is 44.8 Å². The van der Waals surface area contributed by atoms with Crippen LogP contribution < -0.4 is 5.46 Å².